The number of ether oxygens (including phenoxy) is 1. The van der Waals surface area contributed by atoms with Crippen LogP contribution in [0.3, 0.4) is 0 Å². The van der Waals surface area contributed by atoms with Gasteiger partial charge in [-0.3, -0.25) is 9.59 Å². The van der Waals surface area contributed by atoms with Crippen molar-refractivity contribution in [1.29, 1.82) is 0 Å². The smallest absolute Gasteiger partial charge is 0.253 e. The van der Waals surface area contributed by atoms with Crippen molar-refractivity contribution >= 4 is 35.0 Å². The van der Waals surface area contributed by atoms with Crippen LogP contribution in [0.5, 0.6) is 0 Å². The maximum Gasteiger partial charge on any atom is 0.253 e. The zero-order chi connectivity index (χ0) is 17.5. The van der Waals surface area contributed by atoms with Gasteiger partial charge in [0.2, 0.25) is 5.91 Å². The monoisotopic (exact) mass is 372 g/mol. The summed E-state index contributed by atoms with van der Waals surface area (Å²) in [6.07, 6.45) is 4.32. The number of hydrogen-bond donors (Lipinski definition) is 2. The SMILES string of the molecule is CC(CCC1CCCO1)NC(=O)CNC(=O)c1ccc(Cl)cc1Cl. The van der Waals surface area contributed by atoms with Crippen molar-refractivity contribution in [2.75, 3.05) is 13.2 Å². The van der Waals surface area contributed by atoms with Gasteiger partial charge in [-0.15, -0.1) is 0 Å². The summed E-state index contributed by atoms with van der Waals surface area (Å²) in [7, 11) is 0. The highest BCUT2D eigenvalue weighted by Gasteiger charge is 2.17. The first-order valence-electron chi connectivity index (χ1n) is 8.10. The van der Waals surface area contributed by atoms with Crippen LogP contribution in [-0.2, 0) is 9.53 Å². The molecule has 1 heterocycles. The van der Waals surface area contributed by atoms with Gasteiger partial charge < -0.3 is 15.4 Å². The molecule has 0 saturated carbocycles. The lowest BCUT2D eigenvalue weighted by atomic mass is 10.1. The van der Waals surface area contributed by atoms with Crippen molar-refractivity contribution in [3.05, 3.63) is 33.8 Å². The third-order valence-corrected chi connectivity index (χ3v) is 4.49. The molecule has 2 unspecified atom stereocenters. The highest BCUT2D eigenvalue weighted by Crippen LogP contribution is 2.20. The van der Waals surface area contributed by atoms with Gasteiger partial charge in [-0.25, -0.2) is 0 Å². The number of carbonyl (C=O) groups is 2. The van der Waals surface area contributed by atoms with Crippen LogP contribution < -0.4 is 10.6 Å². The number of benzene rings is 1. The fourth-order valence-corrected chi connectivity index (χ4v) is 3.13. The van der Waals surface area contributed by atoms with E-state index < -0.39 is 5.91 Å². The second kappa shape index (κ2) is 9.25. The average molecular weight is 373 g/mol. The molecular formula is C17H22Cl2N2O3. The fraction of sp³-hybridized carbons (Fsp3) is 0.529. The van der Waals surface area contributed by atoms with Crippen molar-refractivity contribution in [1.82, 2.24) is 10.6 Å². The third kappa shape index (κ3) is 5.96. The van der Waals surface area contributed by atoms with Gasteiger partial charge in [0.1, 0.15) is 0 Å². The Hall–Kier alpha value is -1.30. The quantitative estimate of drug-likeness (QED) is 0.772. The molecule has 0 spiro atoms. The van der Waals surface area contributed by atoms with Crippen molar-refractivity contribution < 1.29 is 14.3 Å². The maximum atomic E-state index is 12.0. The molecule has 1 aromatic carbocycles. The first-order valence-corrected chi connectivity index (χ1v) is 8.85. The summed E-state index contributed by atoms with van der Waals surface area (Å²) in [5.74, 6) is -0.632. The second-order valence-corrected chi connectivity index (χ2v) is 6.83. The summed E-state index contributed by atoms with van der Waals surface area (Å²) < 4.78 is 5.56. The summed E-state index contributed by atoms with van der Waals surface area (Å²) in [5, 5.41) is 6.14. The van der Waals surface area contributed by atoms with E-state index in [0.29, 0.717) is 16.7 Å². The molecule has 0 bridgehead atoms. The summed E-state index contributed by atoms with van der Waals surface area (Å²) in [5.41, 5.74) is 0.292. The lowest BCUT2D eigenvalue weighted by molar-refractivity contribution is -0.120. The Labute approximate surface area is 152 Å². The molecule has 7 heteroatoms. The van der Waals surface area contributed by atoms with E-state index in [9.17, 15) is 9.59 Å². The van der Waals surface area contributed by atoms with Crippen molar-refractivity contribution in [3.8, 4) is 0 Å². The molecule has 0 radical (unpaired) electrons. The molecule has 1 saturated heterocycles. The van der Waals surface area contributed by atoms with Crippen molar-refractivity contribution in [3.63, 3.8) is 0 Å². The van der Waals surface area contributed by atoms with Crippen LogP contribution in [-0.4, -0.2) is 37.1 Å². The van der Waals surface area contributed by atoms with Gasteiger partial charge in [0.05, 0.1) is 23.2 Å². The van der Waals surface area contributed by atoms with E-state index in [1.807, 2.05) is 6.92 Å². The molecule has 132 valence electrons. The largest absolute Gasteiger partial charge is 0.378 e. The molecule has 0 aromatic heterocycles. The van der Waals surface area contributed by atoms with Crippen molar-refractivity contribution in [2.45, 2.75) is 44.8 Å². The number of hydrogen-bond acceptors (Lipinski definition) is 3. The predicted molar refractivity (Wildman–Crippen MR) is 94.6 cm³/mol. The summed E-state index contributed by atoms with van der Waals surface area (Å²) in [6.45, 7) is 2.69. The third-order valence-electron chi connectivity index (χ3n) is 3.94. The minimum Gasteiger partial charge on any atom is -0.378 e. The van der Waals surface area contributed by atoms with Crippen LogP contribution >= 0.6 is 23.2 Å². The molecule has 1 aromatic rings. The van der Waals surface area contributed by atoms with E-state index in [-0.39, 0.29) is 23.5 Å². The summed E-state index contributed by atoms with van der Waals surface area (Å²) >= 11 is 11.8. The number of carbonyl (C=O) groups excluding carboxylic acids is 2. The molecule has 1 aliphatic rings. The van der Waals surface area contributed by atoms with E-state index in [2.05, 4.69) is 10.6 Å². The Morgan fingerprint density at radius 3 is 2.83 bits per heavy atom. The lowest BCUT2D eigenvalue weighted by Crippen LogP contribution is -2.41. The van der Waals surface area contributed by atoms with Gasteiger partial charge in [-0.2, -0.15) is 0 Å². The van der Waals surface area contributed by atoms with Gasteiger partial charge in [0, 0.05) is 17.7 Å². The number of halogens is 2. The van der Waals surface area contributed by atoms with Crippen molar-refractivity contribution in [2.24, 2.45) is 0 Å². The van der Waals surface area contributed by atoms with Gasteiger partial charge in [0.15, 0.2) is 0 Å². The van der Waals surface area contributed by atoms with Gasteiger partial charge in [-0.05, 0) is 50.8 Å². The molecule has 1 aliphatic heterocycles. The molecule has 1 fully saturated rings. The zero-order valence-electron chi connectivity index (χ0n) is 13.6. The van der Waals surface area contributed by atoms with E-state index in [4.69, 9.17) is 27.9 Å². The topological polar surface area (TPSA) is 67.4 Å². The highest BCUT2D eigenvalue weighted by atomic mass is 35.5. The number of nitrogens with one attached hydrogen (secondary N) is 2. The maximum absolute atomic E-state index is 12.0. The molecule has 5 nitrogen and oxygen atoms in total. The molecule has 2 N–H and O–H groups in total. The van der Waals surface area contributed by atoms with E-state index in [0.717, 1.165) is 32.3 Å². The van der Waals surface area contributed by atoms with Crippen LogP contribution in [0.1, 0.15) is 43.0 Å². The molecule has 2 atom stereocenters. The summed E-state index contributed by atoms with van der Waals surface area (Å²) in [6, 6.07) is 4.64. The van der Waals surface area contributed by atoms with Gasteiger partial charge >= 0.3 is 0 Å². The predicted octanol–water partition coefficient (Wildman–Crippen LogP) is 3.19. The molecule has 2 amide bonds. The Kier molecular flexibility index (Phi) is 7.34. The first kappa shape index (κ1) is 19.0. The molecular weight excluding hydrogens is 351 g/mol. The van der Waals surface area contributed by atoms with Gasteiger partial charge in [0.25, 0.3) is 5.91 Å². The number of rotatable bonds is 7. The van der Waals surface area contributed by atoms with E-state index in [1.54, 1.807) is 6.07 Å². The van der Waals surface area contributed by atoms with Crippen LogP contribution in [0.2, 0.25) is 10.0 Å². The minimum atomic E-state index is -0.404. The Morgan fingerprint density at radius 1 is 1.38 bits per heavy atom. The summed E-state index contributed by atoms with van der Waals surface area (Å²) in [4.78, 5) is 23.9. The molecule has 2 rings (SSSR count). The van der Waals surface area contributed by atoms with E-state index in [1.165, 1.54) is 12.1 Å². The van der Waals surface area contributed by atoms with Crippen LogP contribution in [0.25, 0.3) is 0 Å². The Bertz CT molecular complexity index is 589. The first-order chi connectivity index (χ1) is 11.5. The van der Waals surface area contributed by atoms with Gasteiger partial charge in [-0.1, -0.05) is 23.2 Å². The number of amides is 2. The Balaban J connectivity index is 1.70. The average Bonchev–Trinajstić information content (AvgIpc) is 3.04. The van der Waals surface area contributed by atoms with E-state index >= 15 is 0 Å². The minimum absolute atomic E-state index is 0.0396. The molecule has 0 aliphatic carbocycles. The zero-order valence-corrected chi connectivity index (χ0v) is 15.1. The lowest BCUT2D eigenvalue weighted by Gasteiger charge is -2.16. The fourth-order valence-electron chi connectivity index (χ4n) is 2.64. The normalized spacial score (nSPS) is 18.2. The second-order valence-electron chi connectivity index (χ2n) is 5.99. The highest BCUT2D eigenvalue weighted by molar-refractivity contribution is 6.36. The van der Waals surface area contributed by atoms with Crippen LogP contribution in [0.4, 0.5) is 0 Å². The molecule has 24 heavy (non-hydrogen) atoms. The standard InChI is InChI=1S/C17H22Cl2N2O3/c1-11(4-6-13-3-2-8-24-13)21-16(22)10-20-17(23)14-7-5-12(18)9-15(14)19/h5,7,9,11,13H,2-4,6,8,10H2,1H3,(H,20,23)(H,21,22). The van der Waals surface area contributed by atoms with Crippen LogP contribution in [0.15, 0.2) is 18.2 Å². The Morgan fingerprint density at radius 2 is 2.17 bits per heavy atom. The van der Waals surface area contributed by atoms with Crippen LogP contribution in [0, 0.1) is 0 Å².